The average molecular weight is 367 g/mol. The molecule has 1 heterocycles. The highest BCUT2D eigenvalue weighted by Crippen LogP contribution is 2.23. The van der Waals surface area contributed by atoms with Crippen LogP contribution in [0.3, 0.4) is 0 Å². The van der Waals surface area contributed by atoms with Crippen LogP contribution in [-0.2, 0) is 6.54 Å². The predicted molar refractivity (Wildman–Crippen MR) is 110 cm³/mol. The van der Waals surface area contributed by atoms with E-state index in [1.54, 1.807) is 18.4 Å². The molecule has 0 aliphatic rings. The normalized spacial score (nSPS) is 11.7. The third kappa shape index (κ3) is 4.44. The molecular weight excluding hydrogens is 340 g/mol. The first-order valence-electron chi connectivity index (χ1n) is 9.15. The van der Waals surface area contributed by atoms with Crippen molar-refractivity contribution in [3.05, 3.63) is 64.3 Å². The molecule has 2 aromatic carbocycles. The Bertz CT molecular complexity index is 889. The second kappa shape index (κ2) is 8.86. The SMILES string of the molecule is CCCCCn1c(-c2ccc(C)cc2)csc1=Nc1ccc(OC)cc1. The maximum atomic E-state index is 5.24. The molecule has 26 heavy (non-hydrogen) atoms. The summed E-state index contributed by atoms with van der Waals surface area (Å²) < 4.78 is 7.59. The average Bonchev–Trinajstić information content (AvgIpc) is 3.06. The van der Waals surface area contributed by atoms with Crippen LogP contribution in [0.5, 0.6) is 5.75 Å². The molecular formula is C22H26N2OS. The van der Waals surface area contributed by atoms with E-state index in [0.29, 0.717) is 0 Å². The van der Waals surface area contributed by atoms with Crippen LogP contribution in [0, 0.1) is 6.92 Å². The Labute approximate surface area is 159 Å². The molecule has 0 unspecified atom stereocenters. The van der Waals surface area contributed by atoms with E-state index < -0.39 is 0 Å². The maximum Gasteiger partial charge on any atom is 0.190 e. The molecule has 1 aromatic heterocycles. The first-order chi connectivity index (χ1) is 12.7. The fourth-order valence-electron chi connectivity index (χ4n) is 2.88. The van der Waals surface area contributed by atoms with Crippen LogP contribution >= 0.6 is 11.3 Å². The molecule has 3 nitrogen and oxygen atoms in total. The first-order valence-corrected chi connectivity index (χ1v) is 10.0. The van der Waals surface area contributed by atoms with Crippen LogP contribution in [-0.4, -0.2) is 11.7 Å². The van der Waals surface area contributed by atoms with Gasteiger partial charge in [-0.25, -0.2) is 4.99 Å². The highest BCUT2D eigenvalue weighted by molar-refractivity contribution is 7.07. The lowest BCUT2D eigenvalue weighted by Gasteiger charge is -2.09. The lowest BCUT2D eigenvalue weighted by molar-refractivity contribution is 0.415. The highest BCUT2D eigenvalue weighted by atomic mass is 32.1. The summed E-state index contributed by atoms with van der Waals surface area (Å²) in [5, 5.41) is 2.22. The quantitative estimate of drug-likeness (QED) is 0.474. The summed E-state index contributed by atoms with van der Waals surface area (Å²) in [5.74, 6) is 0.853. The van der Waals surface area contributed by atoms with E-state index in [2.05, 4.69) is 48.1 Å². The zero-order valence-electron chi connectivity index (χ0n) is 15.7. The largest absolute Gasteiger partial charge is 0.497 e. The standard InChI is InChI=1S/C22H26N2OS/c1-4-5-6-15-24-21(18-9-7-17(2)8-10-18)16-26-22(24)23-19-11-13-20(25-3)14-12-19/h7-14,16H,4-6,15H2,1-3H3. The minimum Gasteiger partial charge on any atom is -0.497 e. The number of hydrogen-bond donors (Lipinski definition) is 0. The molecule has 0 saturated carbocycles. The number of unbranched alkanes of at least 4 members (excludes halogenated alkanes) is 2. The van der Waals surface area contributed by atoms with E-state index in [9.17, 15) is 0 Å². The number of hydrogen-bond acceptors (Lipinski definition) is 3. The zero-order valence-corrected chi connectivity index (χ0v) is 16.6. The summed E-state index contributed by atoms with van der Waals surface area (Å²) in [5.41, 5.74) is 4.73. The number of nitrogens with zero attached hydrogens (tertiary/aromatic N) is 2. The van der Waals surface area contributed by atoms with E-state index in [1.807, 2.05) is 24.3 Å². The van der Waals surface area contributed by atoms with Crippen LogP contribution < -0.4 is 9.54 Å². The van der Waals surface area contributed by atoms with E-state index in [4.69, 9.17) is 9.73 Å². The Morgan fingerprint density at radius 1 is 1.00 bits per heavy atom. The van der Waals surface area contributed by atoms with Crippen LogP contribution in [0.2, 0.25) is 0 Å². The van der Waals surface area contributed by atoms with Crippen molar-refractivity contribution in [3.63, 3.8) is 0 Å². The van der Waals surface area contributed by atoms with Gasteiger partial charge >= 0.3 is 0 Å². The summed E-state index contributed by atoms with van der Waals surface area (Å²) in [6.45, 7) is 5.36. The van der Waals surface area contributed by atoms with Crippen molar-refractivity contribution in [1.29, 1.82) is 0 Å². The van der Waals surface area contributed by atoms with Crippen molar-refractivity contribution < 1.29 is 4.74 Å². The van der Waals surface area contributed by atoms with E-state index in [-0.39, 0.29) is 0 Å². The molecule has 3 aromatic rings. The van der Waals surface area contributed by atoms with Crippen LogP contribution in [0.25, 0.3) is 11.3 Å². The second-order valence-electron chi connectivity index (χ2n) is 6.44. The minimum atomic E-state index is 0.853. The lowest BCUT2D eigenvalue weighted by Crippen LogP contribution is -2.16. The maximum absolute atomic E-state index is 5.24. The van der Waals surface area contributed by atoms with Gasteiger partial charge in [0.05, 0.1) is 18.5 Å². The van der Waals surface area contributed by atoms with Gasteiger partial charge in [0, 0.05) is 11.9 Å². The number of rotatable bonds is 7. The Kier molecular flexibility index (Phi) is 6.29. The van der Waals surface area contributed by atoms with Gasteiger partial charge < -0.3 is 9.30 Å². The second-order valence-corrected chi connectivity index (χ2v) is 7.27. The minimum absolute atomic E-state index is 0.853. The number of ether oxygens (including phenoxy) is 1. The predicted octanol–water partition coefficient (Wildman–Crippen LogP) is 5.96. The van der Waals surface area contributed by atoms with Crippen molar-refractivity contribution in [1.82, 2.24) is 4.57 Å². The fraction of sp³-hybridized carbons (Fsp3) is 0.318. The number of aromatic nitrogens is 1. The summed E-state index contributed by atoms with van der Waals surface area (Å²) in [4.78, 5) is 5.93. The molecule has 0 fully saturated rings. The third-order valence-electron chi connectivity index (χ3n) is 4.43. The Balaban J connectivity index is 2.00. The number of methoxy groups -OCH3 is 1. The van der Waals surface area contributed by atoms with E-state index in [1.165, 1.54) is 36.1 Å². The van der Waals surface area contributed by atoms with Gasteiger partial charge in [0.15, 0.2) is 4.80 Å². The first kappa shape index (κ1) is 18.5. The molecule has 0 aliphatic carbocycles. The molecule has 0 saturated heterocycles. The van der Waals surface area contributed by atoms with E-state index in [0.717, 1.165) is 22.8 Å². The van der Waals surface area contributed by atoms with Gasteiger partial charge in [-0.15, -0.1) is 11.3 Å². The van der Waals surface area contributed by atoms with Gasteiger partial charge in [-0.05, 0) is 43.2 Å². The lowest BCUT2D eigenvalue weighted by atomic mass is 10.1. The highest BCUT2D eigenvalue weighted by Gasteiger charge is 2.08. The molecule has 0 bridgehead atoms. The van der Waals surface area contributed by atoms with Crippen molar-refractivity contribution in [3.8, 4) is 17.0 Å². The molecule has 0 radical (unpaired) electrons. The van der Waals surface area contributed by atoms with Gasteiger partial charge in [0.2, 0.25) is 0 Å². The van der Waals surface area contributed by atoms with Gasteiger partial charge in [0.25, 0.3) is 0 Å². The number of aryl methyl sites for hydroxylation is 1. The summed E-state index contributed by atoms with van der Waals surface area (Å²) in [6, 6.07) is 16.6. The van der Waals surface area contributed by atoms with Crippen molar-refractivity contribution in [2.24, 2.45) is 4.99 Å². The topological polar surface area (TPSA) is 26.5 Å². The van der Waals surface area contributed by atoms with Crippen molar-refractivity contribution in [2.75, 3.05) is 7.11 Å². The summed E-state index contributed by atoms with van der Waals surface area (Å²) >= 11 is 1.70. The molecule has 4 heteroatoms. The number of thiazole rings is 1. The molecule has 0 amide bonds. The summed E-state index contributed by atoms with van der Waals surface area (Å²) in [6.07, 6.45) is 3.62. The van der Waals surface area contributed by atoms with Gasteiger partial charge in [-0.3, -0.25) is 0 Å². The third-order valence-corrected chi connectivity index (χ3v) is 5.29. The Morgan fingerprint density at radius 3 is 2.38 bits per heavy atom. The van der Waals surface area contributed by atoms with Crippen LogP contribution in [0.1, 0.15) is 31.7 Å². The Morgan fingerprint density at radius 2 is 1.73 bits per heavy atom. The van der Waals surface area contributed by atoms with Crippen molar-refractivity contribution >= 4 is 17.0 Å². The molecule has 0 spiro atoms. The van der Waals surface area contributed by atoms with E-state index >= 15 is 0 Å². The molecule has 0 N–H and O–H groups in total. The van der Waals surface area contributed by atoms with Crippen LogP contribution in [0.4, 0.5) is 5.69 Å². The monoisotopic (exact) mass is 366 g/mol. The number of benzene rings is 2. The van der Waals surface area contributed by atoms with Crippen LogP contribution in [0.15, 0.2) is 58.9 Å². The van der Waals surface area contributed by atoms with Crippen molar-refractivity contribution in [2.45, 2.75) is 39.7 Å². The molecule has 3 rings (SSSR count). The van der Waals surface area contributed by atoms with Gasteiger partial charge in [0.1, 0.15) is 5.75 Å². The van der Waals surface area contributed by atoms with Gasteiger partial charge in [-0.2, -0.15) is 0 Å². The van der Waals surface area contributed by atoms with Gasteiger partial charge in [-0.1, -0.05) is 49.6 Å². The molecule has 0 atom stereocenters. The smallest absolute Gasteiger partial charge is 0.190 e. The Hall–Kier alpha value is -2.33. The molecule has 0 aliphatic heterocycles. The molecule has 136 valence electrons. The summed E-state index contributed by atoms with van der Waals surface area (Å²) in [7, 11) is 1.68. The zero-order chi connectivity index (χ0) is 18.4. The fourth-order valence-corrected chi connectivity index (χ4v) is 3.83.